The van der Waals surface area contributed by atoms with Gasteiger partial charge in [0.2, 0.25) is 0 Å². The number of furan rings is 2. The van der Waals surface area contributed by atoms with Gasteiger partial charge in [0.15, 0.2) is 0 Å². The number of aliphatic hydroxyl groups is 2. The summed E-state index contributed by atoms with van der Waals surface area (Å²) in [5.41, 5.74) is 16.3. The molecule has 0 spiro atoms. The van der Waals surface area contributed by atoms with Crippen molar-refractivity contribution in [3.63, 3.8) is 0 Å². The molecule has 0 bridgehead atoms. The molecule has 0 fully saturated rings. The van der Waals surface area contributed by atoms with E-state index in [4.69, 9.17) is 32.0 Å². The van der Waals surface area contributed by atoms with E-state index in [2.05, 4.69) is 163 Å². The largest absolute Gasteiger partial charge is 0.522 e. The Morgan fingerprint density at radius 3 is 1.17 bits per heavy atom. The number of benzene rings is 8. The second-order valence-corrected chi connectivity index (χ2v) is 23.3. The van der Waals surface area contributed by atoms with Gasteiger partial charge < -0.3 is 34.0 Å². The van der Waals surface area contributed by atoms with E-state index in [1.165, 1.54) is 49.9 Å². The van der Waals surface area contributed by atoms with Crippen LogP contribution in [-0.2, 0) is 61.2 Å². The van der Waals surface area contributed by atoms with Gasteiger partial charge in [-0.2, -0.15) is 21.6 Å². The molecule has 6 heterocycles. The summed E-state index contributed by atoms with van der Waals surface area (Å²) in [5.74, 6) is 0. The number of aliphatic hydroxyl groups excluding tert-OH is 2. The number of nitrogens with zero attached hydrogens (tertiary/aromatic N) is 4. The summed E-state index contributed by atoms with van der Waals surface area (Å²) < 4.78 is 70.7. The molecule has 2 aliphatic rings. The van der Waals surface area contributed by atoms with Gasteiger partial charge in [-0.3, -0.25) is 9.54 Å². The second-order valence-electron chi connectivity index (χ2n) is 21.9. The number of fused-ring (bicyclic) bond motifs is 14. The van der Waals surface area contributed by atoms with E-state index >= 15 is 0 Å². The zero-order valence-electron chi connectivity index (χ0n) is 51.6. The van der Waals surface area contributed by atoms with E-state index in [0.717, 1.165) is 97.7 Å². The third kappa shape index (κ3) is 14.5. The zero-order valence-corrected chi connectivity index (χ0v) is 57.3. The Hall–Kier alpha value is -9.12. The Bertz CT molecular complexity index is 4560. The van der Waals surface area contributed by atoms with Crippen molar-refractivity contribution in [2.75, 3.05) is 14.2 Å². The van der Waals surface area contributed by atoms with Crippen LogP contribution in [0.2, 0.25) is 0 Å². The SMILES string of the molecule is CC1(C)c2ccccc2-c2c1ccc1c2oc2c(-c3ccccn3)[c-]ccc21.CC1(C)c2ccccc2-c2c1ccc1c2oc2c(-c3ccccn3)cccc21.CO.CO.O=S(=O)(O)C(F)(F)F.[Ir].[Ir].[c-]1ccccc1-c1ccccn1.[c-]1ccccc1-c1ccccn1. The van der Waals surface area contributed by atoms with Crippen LogP contribution in [0.3, 0.4) is 0 Å². The number of pyridine rings is 4. The Kier molecular flexibility index (Phi) is 23.1. The first kappa shape index (κ1) is 70.7. The van der Waals surface area contributed by atoms with E-state index in [-0.39, 0.29) is 51.0 Å². The summed E-state index contributed by atoms with van der Waals surface area (Å²) in [7, 11) is -3.84. The molecule has 0 atom stereocenters. The summed E-state index contributed by atoms with van der Waals surface area (Å²) in [6, 6.07) is 85.6. The molecule has 480 valence electrons. The van der Waals surface area contributed by atoms with Crippen molar-refractivity contribution in [3.8, 4) is 67.3 Å². The summed E-state index contributed by atoms with van der Waals surface area (Å²) >= 11 is 0. The molecule has 17 heteroatoms. The average Bonchev–Trinajstić information content (AvgIpc) is 1.56. The van der Waals surface area contributed by atoms with Crippen LogP contribution in [0.15, 0.2) is 258 Å². The molecule has 0 unspecified atom stereocenters. The summed E-state index contributed by atoms with van der Waals surface area (Å²) in [5, 5.41) is 18.6. The van der Waals surface area contributed by atoms with Gasteiger partial charge in [0.1, 0.15) is 16.7 Å². The van der Waals surface area contributed by atoms with Crippen LogP contribution in [0.5, 0.6) is 0 Å². The predicted molar refractivity (Wildman–Crippen MR) is 359 cm³/mol. The van der Waals surface area contributed by atoms with Gasteiger partial charge in [-0.1, -0.05) is 166 Å². The summed E-state index contributed by atoms with van der Waals surface area (Å²) in [6.45, 7) is 9.18. The molecule has 16 rings (SSSR count). The third-order valence-corrected chi connectivity index (χ3v) is 16.4. The Morgan fingerprint density at radius 2 is 0.755 bits per heavy atom. The third-order valence-electron chi connectivity index (χ3n) is 15.8. The number of alkyl halides is 3. The van der Waals surface area contributed by atoms with Crippen LogP contribution in [0, 0.1) is 18.2 Å². The van der Waals surface area contributed by atoms with E-state index in [0.29, 0.717) is 0 Å². The van der Waals surface area contributed by atoms with Crippen LogP contribution in [-0.4, -0.2) is 62.8 Å². The fourth-order valence-electron chi connectivity index (χ4n) is 11.6. The normalized spacial score (nSPS) is 12.3. The predicted octanol–water partition coefficient (Wildman–Crippen LogP) is 18.4. The Morgan fingerprint density at radius 1 is 0.383 bits per heavy atom. The molecule has 0 aliphatic heterocycles. The van der Waals surface area contributed by atoms with Crippen molar-refractivity contribution in [1.82, 2.24) is 19.9 Å². The molecule has 6 aromatic heterocycles. The maximum absolute atomic E-state index is 10.7. The molecule has 3 N–H and O–H groups in total. The Labute approximate surface area is 570 Å². The minimum Gasteiger partial charge on any atom is -0.500 e. The average molecular weight is 1630 g/mol. The number of halogens is 3. The van der Waals surface area contributed by atoms with E-state index < -0.39 is 15.6 Å². The van der Waals surface area contributed by atoms with Gasteiger partial charge in [-0.15, -0.1) is 90.0 Å². The van der Waals surface area contributed by atoms with Crippen LogP contribution in [0.1, 0.15) is 49.9 Å². The number of aromatic nitrogens is 4. The van der Waals surface area contributed by atoms with Crippen molar-refractivity contribution in [2.24, 2.45) is 0 Å². The topological polar surface area (TPSA) is 173 Å². The van der Waals surface area contributed by atoms with Gasteiger partial charge in [0.25, 0.3) is 0 Å². The smallest absolute Gasteiger partial charge is 0.500 e. The number of rotatable bonds is 4. The number of para-hydroxylation sites is 1. The van der Waals surface area contributed by atoms with Crippen molar-refractivity contribution in [2.45, 2.75) is 44.0 Å². The van der Waals surface area contributed by atoms with Gasteiger partial charge in [-0.05, 0) is 86.9 Å². The molecular weight excluding hydrogens is 1570 g/mol. The van der Waals surface area contributed by atoms with Crippen LogP contribution in [0.25, 0.3) is 111 Å². The van der Waals surface area contributed by atoms with Crippen LogP contribution < -0.4 is 0 Å². The first-order valence-electron chi connectivity index (χ1n) is 29.1. The van der Waals surface area contributed by atoms with Gasteiger partial charge in [0.05, 0.1) is 11.3 Å². The molecule has 2 aliphatic carbocycles. The summed E-state index contributed by atoms with van der Waals surface area (Å²) in [6.07, 6.45) is 7.21. The number of hydrogen-bond donors (Lipinski definition) is 3. The van der Waals surface area contributed by atoms with E-state index in [1.807, 2.05) is 134 Å². The van der Waals surface area contributed by atoms with Crippen molar-refractivity contribution >= 4 is 54.0 Å². The molecule has 0 amide bonds. The standard InChI is InChI=1S/C26H19NO.C26H18NO.2C11H8N.CHF3O3S.2CH4O.2Ir/c2*1-26(2)20-11-4-3-8-18(20)23-21(26)14-13-17-16-9-7-10-19(24(16)28-25(17)23)22-12-5-6-15-27-22;2*1-2-6-10(7-3-1)11-8-4-5-9-12-11;2-1(3,4)8(5,6)7;2*1-2;;/h3-15H,1-2H3;3-9,11-15H,1-2H3;2*1-6,8-9H;(H,5,6,7);2*2H,1H3;;/q;3*-1;;;;;. The molecule has 0 saturated carbocycles. The molecular formula is C77H62F3Ir2N4O7S-3. The fourth-order valence-corrected chi connectivity index (χ4v) is 11.6. The minimum absolute atomic E-state index is 0. The van der Waals surface area contributed by atoms with Gasteiger partial charge in [-0.25, -0.2) is 0 Å². The maximum atomic E-state index is 10.7. The molecule has 2 radical (unpaired) electrons. The van der Waals surface area contributed by atoms with Crippen molar-refractivity contribution in [1.29, 1.82) is 0 Å². The molecule has 8 aromatic carbocycles. The van der Waals surface area contributed by atoms with Crippen molar-refractivity contribution in [3.05, 3.63) is 290 Å². The molecule has 14 aromatic rings. The first-order valence-corrected chi connectivity index (χ1v) is 30.6. The first-order chi connectivity index (χ1) is 44.5. The monoisotopic (exact) mass is 1630 g/mol. The Balaban J connectivity index is 0.000000159. The van der Waals surface area contributed by atoms with Crippen LogP contribution in [0.4, 0.5) is 13.2 Å². The van der Waals surface area contributed by atoms with Gasteiger partial charge >= 0.3 is 15.6 Å². The fraction of sp³-hybridized carbons (Fsp3) is 0.117. The van der Waals surface area contributed by atoms with E-state index in [9.17, 15) is 13.2 Å². The maximum Gasteiger partial charge on any atom is 0.522 e. The van der Waals surface area contributed by atoms with Crippen molar-refractivity contribution < 1.29 is 85.4 Å². The molecule has 0 saturated heterocycles. The quantitative estimate of drug-likeness (QED) is 0.0870. The summed E-state index contributed by atoms with van der Waals surface area (Å²) in [4.78, 5) is 17.5. The second kappa shape index (κ2) is 30.8. The zero-order chi connectivity index (χ0) is 65.2. The van der Waals surface area contributed by atoms with Gasteiger partial charge in [0, 0.05) is 123 Å². The minimum atomic E-state index is -5.84. The molecule has 11 nitrogen and oxygen atoms in total. The van der Waals surface area contributed by atoms with Crippen LogP contribution >= 0.6 is 0 Å². The number of hydrogen-bond acceptors (Lipinski definition) is 10. The van der Waals surface area contributed by atoms with E-state index in [1.54, 1.807) is 18.6 Å². The molecule has 94 heavy (non-hydrogen) atoms.